The van der Waals surface area contributed by atoms with Gasteiger partial charge in [-0.3, -0.25) is 4.79 Å². The third-order valence-corrected chi connectivity index (χ3v) is 3.76. The van der Waals surface area contributed by atoms with Crippen LogP contribution in [0.25, 0.3) is 0 Å². The molecule has 0 unspecified atom stereocenters. The molecule has 3 nitrogen and oxygen atoms in total. The summed E-state index contributed by atoms with van der Waals surface area (Å²) in [5.41, 5.74) is 1.57. The summed E-state index contributed by atoms with van der Waals surface area (Å²) in [4.78, 5) is 12.1. The standard InChI is InChI=1S/C19H20BrNO2/c1-2-3-14-23-18-10-4-15(5-11-18)19(22)12-13-21-17-8-6-16(20)7-9-17/h4-13,21H,2-3,14H2,1H3. The number of carbonyl (C=O) groups is 1. The molecule has 2 aromatic carbocycles. The van der Waals surface area contributed by atoms with Gasteiger partial charge in [0.1, 0.15) is 5.75 Å². The Morgan fingerprint density at radius 3 is 2.48 bits per heavy atom. The van der Waals surface area contributed by atoms with Gasteiger partial charge in [-0.15, -0.1) is 0 Å². The molecule has 0 aliphatic carbocycles. The Morgan fingerprint density at radius 2 is 1.83 bits per heavy atom. The number of ketones is 1. The van der Waals surface area contributed by atoms with Crippen molar-refractivity contribution >= 4 is 27.4 Å². The van der Waals surface area contributed by atoms with Crippen LogP contribution in [-0.4, -0.2) is 12.4 Å². The molecule has 0 aliphatic rings. The van der Waals surface area contributed by atoms with E-state index in [1.807, 2.05) is 36.4 Å². The number of allylic oxidation sites excluding steroid dienone is 1. The first-order valence-electron chi connectivity index (χ1n) is 7.65. The number of hydrogen-bond donors (Lipinski definition) is 1. The summed E-state index contributed by atoms with van der Waals surface area (Å²) in [6, 6.07) is 15.0. The van der Waals surface area contributed by atoms with E-state index in [-0.39, 0.29) is 5.78 Å². The summed E-state index contributed by atoms with van der Waals surface area (Å²) in [6.45, 7) is 2.83. The van der Waals surface area contributed by atoms with E-state index in [1.165, 1.54) is 6.08 Å². The molecule has 0 saturated heterocycles. The first-order chi connectivity index (χ1) is 11.2. The number of unbranched alkanes of at least 4 members (excludes halogenated alkanes) is 1. The van der Waals surface area contributed by atoms with Gasteiger partial charge < -0.3 is 10.1 Å². The average molecular weight is 374 g/mol. The van der Waals surface area contributed by atoms with E-state index in [0.29, 0.717) is 12.2 Å². The molecule has 2 rings (SSSR count). The molecule has 0 atom stereocenters. The van der Waals surface area contributed by atoms with E-state index in [9.17, 15) is 4.79 Å². The smallest absolute Gasteiger partial charge is 0.187 e. The van der Waals surface area contributed by atoms with Crippen LogP contribution >= 0.6 is 15.9 Å². The minimum atomic E-state index is -0.0466. The summed E-state index contributed by atoms with van der Waals surface area (Å²) in [6.07, 6.45) is 5.31. The Kier molecular flexibility index (Phi) is 6.88. The zero-order valence-corrected chi connectivity index (χ0v) is 14.7. The second kappa shape index (κ2) is 9.16. The highest BCUT2D eigenvalue weighted by molar-refractivity contribution is 9.10. The lowest BCUT2D eigenvalue weighted by Crippen LogP contribution is -1.99. The van der Waals surface area contributed by atoms with Crippen LogP contribution in [-0.2, 0) is 0 Å². The van der Waals surface area contributed by atoms with Gasteiger partial charge in [-0.2, -0.15) is 0 Å². The molecule has 4 heteroatoms. The van der Waals surface area contributed by atoms with Gasteiger partial charge in [0.15, 0.2) is 5.78 Å². The van der Waals surface area contributed by atoms with Crippen molar-refractivity contribution in [3.05, 3.63) is 70.8 Å². The number of ether oxygens (including phenoxy) is 1. The number of benzene rings is 2. The van der Waals surface area contributed by atoms with Crippen LogP contribution in [0.4, 0.5) is 5.69 Å². The van der Waals surface area contributed by atoms with Crippen LogP contribution in [0.5, 0.6) is 5.75 Å². The molecule has 120 valence electrons. The Labute approximate surface area is 145 Å². The van der Waals surface area contributed by atoms with Crippen molar-refractivity contribution in [3.8, 4) is 5.75 Å². The molecule has 0 heterocycles. The highest BCUT2D eigenvalue weighted by atomic mass is 79.9. The van der Waals surface area contributed by atoms with Crippen molar-refractivity contribution < 1.29 is 9.53 Å². The first kappa shape index (κ1) is 17.3. The Balaban J connectivity index is 1.87. The van der Waals surface area contributed by atoms with E-state index < -0.39 is 0 Å². The first-order valence-corrected chi connectivity index (χ1v) is 8.44. The van der Waals surface area contributed by atoms with E-state index in [0.717, 1.165) is 28.8 Å². The molecule has 0 aliphatic heterocycles. The van der Waals surface area contributed by atoms with Crippen molar-refractivity contribution in [1.82, 2.24) is 0 Å². The molecule has 0 bridgehead atoms. The van der Waals surface area contributed by atoms with Gasteiger partial charge in [0.05, 0.1) is 6.61 Å². The number of carbonyl (C=O) groups excluding carboxylic acids is 1. The van der Waals surface area contributed by atoms with Crippen LogP contribution in [0.1, 0.15) is 30.1 Å². The van der Waals surface area contributed by atoms with E-state index in [1.54, 1.807) is 18.3 Å². The third-order valence-electron chi connectivity index (χ3n) is 3.23. The van der Waals surface area contributed by atoms with Crippen molar-refractivity contribution in [1.29, 1.82) is 0 Å². The van der Waals surface area contributed by atoms with Crippen molar-refractivity contribution in [2.75, 3.05) is 11.9 Å². The minimum Gasteiger partial charge on any atom is -0.494 e. The summed E-state index contributed by atoms with van der Waals surface area (Å²) in [5.74, 6) is 0.752. The zero-order chi connectivity index (χ0) is 16.5. The quantitative estimate of drug-likeness (QED) is 0.380. The normalized spacial score (nSPS) is 10.7. The molecule has 2 aromatic rings. The van der Waals surface area contributed by atoms with Crippen LogP contribution < -0.4 is 10.1 Å². The monoisotopic (exact) mass is 373 g/mol. The van der Waals surface area contributed by atoms with Gasteiger partial charge in [-0.1, -0.05) is 29.3 Å². The van der Waals surface area contributed by atoms with Gasteiger partial charge in [-0.25, -0.2) is 0 Å². The SMILES string of the molecule is CCCCOc1ccc(C(=O)C=CNc2ccc(Br)cc2)cc1. The number of hydrogen-bond acceptors (Lipinski definition) is 3. The summed E-state index contributed by atoms with van der Waals surface area (Å²) < 4.78 is 6.60. The zero-order valence-electron chi connectivity index (χ0n) is 13.1. The van der Waals surface area contributed by atoms with Gasteiger partial charge in [0.25, 0.3) is 0 Å². The number of halogens is 1. The lowest BCUT2D eigenvalue weighted by molar-refractivity contribution is 0.104. The Morgan fingerprint density at radius 1 is 1.13 bits per heavy atom. The lowest BCUT2D eigenvalue weighted by Gasteiger charge is -2.05. The van der Waals surface area contributed by atoms with Crippen molar-refractivity contribution in [3.63, 3.8) is 0 Å². The molecule has 0 radical (unpaired) electrons. The van der Waals surface area contributed by atoms with E-state index in [2.05, 4.69) is 28.2 Å². The largest absolute Gasteiger partial charge is 0.494 e. The predicted molar refractivity (Wildman–Crippen MR) is 98.1 cm³/mol. The molecular weight excluding hydrogens is 354 g/mol. The predicted octanol–water partition coefficient (Wildman–Crippen LogP) is 5.44. The fraction of sp³-hybridized carbons (Fsp3) is 0.211. The maximum atomic E-state index is 12.1. The molecule has 0 spiro atoms. The maximum absolute atomic E-state index is 12.1. The number of rotatable bonds is 8. The molecule has 1 N–H and O–H groups in total. The summed E-state index contributed by atoms with van der Waals surface area (Å²) >= 11 is 3.38. The maximum Gasteiger partial charge on any atom is 0.187 e. The molecule has 0 saturated carbocycles. The molecule has 0 fully saturated rings. The van der Waals surface area contributed by atoms with Crippen molar-refractivity contribution in [2.24, 2.45) is 0 Å². The lowest BCUT2D eigenvalue weighted by atomic mass is 10.1. The van der Waals surface area contributed by atoms with Crippen molar-refractivity contribution in [2.45, 2.75) is 19.8 Å². The minimum absolute atomic E-state index is 0.0466. The second-order valence-electron chi connectivity index (χ2n) is 5.08. The Hall–Kier alpha value is -2.07. The summed E-state index contributed by atoms with van der Waals surface area (Å²) in [5, 5.41) is 3.07. The fourth-order valence-corrected chi connectivity index (χ4v) is 2.17. The average Bonchev–Trinajstić information content (AvgIpc) is 2.57. The van der Waals surface area contributed by atoms with Gasteiger partial charge in [0, 0.05) is 28.0 Å². The van der Waals surface area contributed by atoms with Gasteiger partial charge in [-0.05, 0) is 55.0 Å². The van der Waals surface area contributed by atoms with Gasteiger partial charge >= 0.3 is 0 Å². The van der Waals surface area contributed by atoms with Crippen LogP contribution in [0.15, 0.2) is 65.3 Å². The van der Waals surface area contributed by atoms with E-state index >= 15 is 0 Å². The summed E-state index contributed by atoms with van der Waals surface area (Å²) in [7, 11) is 0. The molecular formula is C19H20BrNO2. The Bertz CT molecular complexity index is 648. The van der Waals surface area contributed by atoms with Crippen LogP contribution in [0.3, 0.4) is 0 Å². The number of anilines is 1. The third kappa shape index (κ3) is 5.91. The molecule has 0 amide bonds. The van der Waals surface area contributed by atoms with Crippen LogP contribution in [0.2, 0.25) is 0 Å². The fourth-order valence-electron chi connectivity index (χ4n) is 1.91. The molecule has 23 heavy (non-hydrogen) atoms. The highest BCUT2D eigenvalue weighted by Crippen LogP contribution is 2.15. The van der Waals surface area contributed by atoms with Crippen LogP contribution in [0, 0.1) is 0 Å². The topological polar surface area (TPSA) is 38.3 Å². The highest BCUT2D eigenvalue weighted by Gasteiger charge is 2.02. The van der Waals surface area contributed by atoms with Gasteiger partial charge in [0.2, 0.25) is 0 Å². The number of nitrogens with one attached hydrogen (secondary N) is 1. The molecule has 0 aromatic heterocycles. The van der Waals surface area contributed by atoms with E-state index in [4.69, 9.17) is 4.74 Å². The second-order valence-corrected chi connectivity index (χ2v) is 5.99.